The van der Waals surface area contributed by atoms with E-state index in [1.54, 1.807) is 18.2 Å². The zero-order valence-electron chi connectivity index (χ0n) is 26.9. The standard InChI is InChI=1S/C37H32Cl2FN3O7/c1-49-29-18-20(2-13-28(29)44)31-25-11-12-26-30(33(46)42(32(26)45)23-9-7-22(8-10-23)41-14-16-50-17-15-41)27(25)19-36(38)34(47)43(35(48)37(31,36)39)24-5-3-21(40)4-6-24/h2-11,13,18,26-27,30-31,44H,12,14-17,19H2,1H3/t26-,27+,30-,31-,36+,37-/m0/s1. The van der Waals surface area contributed by atoms with Gasteiger partial charge in [-0.15, -0.1) is 23.2 Å². The fourth-order valence-electron chi connectivity index (χ4n) is 8.53. The number of morpholine rings is 1. The molecule has 5 aliphatic rings. The molecular weight excluding hydrogens is 688 g/mol. The van der Waals surface area contributed by atoms with Crippen molar-refractivity contribution in [3.8, 4) is 11.5 Å². The van der Waals surface area contributed by atoms with Crippen LogP contribution in [-0.4, -0.2) is 71.9 Å². The molecular formula is C37H32Cl2FN3O7. The van der Waals surface area contributed by atoms with Gasteiger partial charge in [0.05, 0.1) is 43.5 Å². The molecule has 0 unspecified atom stereocenters. The molecule has 3 saturated heterocycles. The summed E-state index contributed by atoms with van der Waals surface area (Å²) in [4.78, 5) is 57.5. The van der Waals surface area contributed by atoms with Gasteiger partial charge in [-0.1, -0.05) is 17.7 Å². The van der Waals surface area contributed by atoms with Crippen LogP contribution in [0.3, 0.4) is 0 Å². The van der Waals surface area contributed by atoms with Crippen molar-refractivity contribution in [3.63, 3.8) is 0 Å². The summed E-state index contributed by atoms with van der Waals surface area (Å²) in [5.41, 5.74) is 2.49. The third-order valence-electron chi connectivity index (χ3n) is 10.9. The van der Waals surface area contributed by atoms with Crippen molar-refractivity contribution in [1.29, 1.82) is 0 Å². The van der Waals surface area contributed by atoms with Crippen molar-refractivity contribution >= 4 is 63.9 Å². The van der Waals surface area contributed by atoms with Crippen LogP contribution >= 0.6 is 23.2 Å². The zero-order valence-corrected chi connectivity index (χ0v) is 28.4. The second-order valence-electron chi connectivity index (χ2n) is 13.3. The number of carbonyl (C=O) groups is 4. The van der Waals surface area contributed by atoms with Crippen LogP contribution in [0.5, 0.6) is 11.5 Å². The largest absolute Gasteiger partial charge is 0.504 e. The molecule has 4 amide bonds. The van der Waals surface area contributed by atoms with Gasteiger partial charge in [0, 0.05) is 24.7 Å². The Hall–Kier alpha value is -4.45. The Morgan fingerprint density at radius 2 is 1.48 bits per heavy atom. The number of hydrogen-bond donors (Lipinski definition) is 1. The topological polar surface area (TPSA) is 117 Å². The number of imide groups is 2. The van der Waals surface area contributed by atoms with Crippen LogP contribution in [0.2, 0.25) is 0 Å². The first-order valence-corrected chi connectivity index (χ1v) is 17.1. The van der Waals surface area contributed by atoms with Crippen LogP contribution in [0.4, 0.5) is 21.5 Å². The fourth-order valence-corrected chi connectivity index (χ4v) is 9.47. The van der Waals surface area contributed by atoms with Crippen LogP contribution in [-0.2, 0) is 23.9 Å². The van der Waals surface area contributed by atoms with Crippen LogP contribution in [0, 0.1) is 23.6 Å². The molecule has 0 aromatic heterocycles. The van der Waals surface area contributed by atoms with Gasteiger partial charge in [-0.25, -0.2) is 9.29 Å². The number of anilines is 3. The van der Waals surface area contributed by atoms with Gasteiger partial charge in [-0.3, -0.25) is 24.1 Å². The number of phenolic OH excluding ortho intramolecular Hbond substituents is 1. The molecule has 50 heavy (non-hydrogen) atoms. The molecule has 3 aromatic carbocycles. The maximum Gasteiger partial charge on any atom is 0.258 e. The normalized spacial score (nSPS) is 30.6. The lowest BCUT2D eigenvalue weighted by Crippen LogP contribution is -2.60. The lowest BCUT2D eigenvalue weighted by atomic mass is 9.56. The highest BCUT2D eigenvalue weighted by Gasteiger charge is 2.76. The Labute approximate surface area is 296 Å². The number of nitrogens with zero attached hydrogens (tertiary/aromatic N) is 3. The van der Waals surface area contributed by atoms with Crippen LogP contribution in [0.15, 0.2) is 78.4 Å². The third kappa shape index (κ3) is 4.56. The van der Waals surface area contributed by atoms with Gasteiger partial charge in [0.25, 0.3) is 11.8 Å². The van der Waals surface area contributed by atoms with Gasteiger partial charge in [0.2, 0.25) is 11.8 Å². The molecule has 0 spiro atoms. The van der Waals surface area contributed by atoms with Gasteiger partial charge < -0.3 is 19.5 Å². The third-order valence-corrected chi connectivity index (χ3v) is 12.3. The lowest BCUT2D eigenvalue weighted by molar-refractivity contribution is -0.125. The van der Waals surface area contributed by atoms with E-state index < -0.39 is 57.0 Å². The van der Waals surface area contributed by atoms with E-state index in [0.717, 1.165) is 35.8 Å². The Kier molecular flexibility index (Phi) is 7.74. The first-order chi connectivity index (χ1) is 24.0. The Morgan fingerprint density at radius 3 is 2.16 bits per heavy atom. The minimum absolute atomic E-state index is 0.0894. The summed E-state index contributed by atoms with van der Waals surface area (Å²) in [5, 5.41) is 10.4. The van der Waals surface area contributed by atoms with E-state index >= 15 is 0 Å². The number of hydrogen-bond acceptors (Lipinski definition) is 8. The SMILES string of the molecule is COc1cc([C@H]2C3=CC[C@@H]4C(=O)N(c5ccc(N6CCOCC6)cc5)C(=O)[C@@H]4[C@@H]3C[C@@]3(Cl)C(=O)N(c4ccc(F)cc4)C(=O)[C@@]23Cl)ccc1O. The van der Waals surface area contributed by atoms with E-state index in [4.69, 9.17) is 32.7 Å². The molecule has 10 nitrogen and oxygen atoms in total. The number of amides is 4. The average Bonchev–Trinajstić information content (AvgIpc) is 3.47. The molecule has 1 saturated carbocycles. The van der Waals surface area contributed by atoms with Gasteiger partial charge in [0.1, 0.15) is 5.82 Å². The minimum Gasteiger partial charge on any atom is -0.504 e. The summed E-state index contributed by atoms with van der Waals surface area (Å²) in [5.74, 6) is -6.44. The minimum atomic E-state index is -2.10. The van der Waals surface area contributed by atoms with E-state index in [-0.39, 0.29) is 35.9 Å². The summed E-state index contributed by atoms with van der Waals surface area (Å²) < 4.78 is 24.7. The van der Waals surface area contributed by atoms with E-state index in [9.17, 15) is 28.7 Å². The number of phenols is 1. The number of benzene rings is 3. The number of alkyl halides is 2. The second kappa shape index (κ2) is 11.8. The molecule has 1 N–H and O–H groups in total. The lowest BCUT2D eigenvalue weighted by Gasteiger charge is -2.50. The summed E-state index contributed by atoms with van der Waals surface area (Å²) in [6.07, 6.45) is 1.83. The van der Waals surface area contributed by atoms with E-state index in [1.165, 1.54) is 36.3 Å². The van der Waals surface area contributed by atoms with Crippen LogP contribution in [0.1, 0.15) is 24.3 Å². The molecule has 0 bridgehead atoms. The Morgan fingerprint density at radius 1 is 0.840 bits per heavy atom. The molecule has 8 rings (SSSR count). The molecule has 2 aliphatic carbocycles. The summed E-state index contributed by atoms with van der Waals surface area (Å²) in [6.45, 7) is 2.70. The van der Waals surface area contributed by atoms with Gasteiger partial charge in [0.15, 0.2) is 21.2 Å². The maximum absolute atomic E-state index is 14.5. The molecule has 0 radical (unpaired) electrons. The first-order valence-electron chi connectivity index (χ1n) is 16.4. The molecule has 13 heteroatoms. The monoisotopic (exact) mass is 719 g/mol. The Bertz CT molecular complexity index is 1970. The Balaban J connectivity index is 1.22. The highest BCUT2D eigenvalue weighted by atomic mass is 35.5. The van der Waals surface area contributed by atoms with Crippen LogP contribution in [0.25, 0.3) is 0 Å². The van der Waals surface area contributed by atoms with E-state index in [0.29, 0.717) is 30.0 Å². The maximum atomic E-state index is 14.5. The number of methoxy groups -OCH3 is 1. The van der Waals surface area contributed by atoms with Crippen molar-refractivity contribution < 1.29 is 38.1 Å². The van der Waals surface area contributed by atoms with Gasteiger partial charge >= 0.3 is 0 Å². The van der Waals surface area contributed by atoms with Crippen molar-refractivity contribution in [3.05, 3.63) is 89.8 Å². The number of fused-ring (bicyclic) bond motifs is 4. The number of halogens is 3. The van der Waals surface area contributed by atoms with Crippen LogP contribution < -0.4 is 19.4 Å². The van der Waals surface area contributed by atoms with Crippen molar-refractivity contribution in [1.82, 2.24) is 0 Å². The number of aromatic hydroxyl groups is 1. The summed E-state index contributed by atoms with van der Waals surface area (Å²) in [6, 6.07) is 16.6. The van der Waals surface area contributed by atoms with Crippen molar-refractivity contribution in [2.75, 3.05) is 48.1 Å². The summed E-state index contributed by atoms with van der Waals surface area (Å²) in [7, 11) is 1.38. The predicted octanol–water partition coefficient (Wildman–Crippen LogP) is 5.14. The predicted molar refractivity (Wildman–Crippen MR) is 183 cm³/mol. The first kappa shape index (κ1) is 32.7. The number of allylic oxidation sites excluding steroid dienone is 2. The molecule has 3 aliphatic heterocycles. The van der Waals surface area contributed by atoms with Gasteiger partial charge in [-0.05, 0) is 85.0 Å². The molecule has 258 valence electrons. The molecule has 3 aromatic rings. The molecule has 4 fully saturated rings. The summed E-state index contributed by atoms with van der Waals surface area (Å²) >= 11 is 14.8. The van der Waals surface area contributed by atoms with Crippen molar-refractivity contribution in [2.45, 2.75) is 28.5 Å². The number of ether oxygens (including phenoxy) is 2. The number of carbonyl (C=O) groups excluding carboxylic acids is 4. The average molecular weight is 721 g/mol. The molecule has 6 atom stereocenters. The van der Waals surface area contributed by atoms with Crippen molar-refractivity contribution in [2.24, 2.45) is 17.8 Å². The highest BCUT2D eigenvalue weighted by Crippen LogP contribution is 2.66. The van der Waals surface area contributed by atoms with E-state index in [2.05, 4.69) is 4.90 Å². The quantitative estimate of drug-likeness (QED) is 0.219. The fraction of sp³-hybridized carbons (Fsp3) is 0.351. The molecule has 3 heterocycles. The second-order valence-corrected chi connectivity index (χ2v) is 14.6. The zero-order chi connectivity index (χ0) is 35.1. The highest BCUT2D eigenvalue weighted by molar-refractivity contribution is 6.58. The smallest absolute Gasteiger partial charge is 0.258 e. The number of rotatable bonds is 5. The van der Waals surface area contributed by atoms with E-state index in [1.807, 2.05) is 18.2 Å². The van der Waals surface area contributed by atoms with Gasteiger partial charge in [-0.2, -0.15) is 0 Å².